The van der Waals surface area contributed by atoms with Gasteiger partial charge in [0.2, 0.25) is 0 Å². The van der Waals surface area contributed by atoms with Crippen LogP contribution in [0.2, 0.25) is 0 Å². The molecule has 4 rings (SSSR count). The van der Waals surface area contributed by atoms with Crippen LogP contribution in [0.5, 0.6) is 0 Å². The summed E-state index contributed by atoms with van der Waals surface area (Å²) in [5, 5.41) is 1.28. The fraction of sp³-hybridized carbons (Fsp3) is 0.0909. The Morgan fingerprint density at radius 2 is 1.48 bits per heavy atom. The van der Waals surface area contributed by atoms with Crippen LogP contribution in [0.25, 0.3) is 17.0 Å². The molecule has 1 aromatic heterocycles. The van der Waals surface area contributed by atoms with Gasteiger partial charge in [-0.1, -0.05) is 17.7 Å². The standard InChI is InChI=1S/C10H10N.C10H9.2CH3.I3.V.2Y/c1-8-3-4-9-5-6-11(2)10(9)7-8;1-8-5-6-9-3-2-4-10(9)7-8;;;1-3-2;;;/h3-7H,1H2,2H3;2-3,5-7H,1,4H2;2*1H3;;;;/q5*-1;;;. The van der Waals surface area contributed by atoms with Crippen molar-refractivity contribution in [3.63, 3.8) is 0 Å². The van der Waals surface area contributed by atoms with Crippen molar-refractivity contribution >= 4 is 54.2 Å². The van der Waals surface area contributed by atoms with Crippen LogP contribution < -0.4 is 13.3 Å². The molecule has 7 heteroatoms. The maximum atomic E-state index is 3.88. The Hall–Kier alpha value is 2.44. The van der Waals surface area contributed by atoms with Gasteiger partial charge in [-0.05, 0) is 29.0 Å². The van der Waals surface area contributed by atoms with E-state index >= 15 is 0 Å². The Morgan fingerprint density at radius 3 is 2.10 bits per heavy atom. The number of hydrogen-bond acceptors (Lipinski definition) is 0. The van der Waals surface area contributed by atoms with Gasteiger partial charge in [-0.3, -0.25) is 0 Å². The van der Waals surface area contributed by atoms with Crippen LogP contribution in [0.3, 0.4) is 0 Å². The normalized spacial score (nSPS) is 9.48. The summed E-state index contributed by atoms with van der Waals surface area (Å²) in [6, 6.07) is 14.6. The van der Waals surface area contributed by atoms with Gasteiger partial charge < -0.3 is 19.4 Å². The first-order valence-electron chi connectivity index (χ1n) is 7.40. The van der Waals surface area contributed by atoms with Gasteiger partial charge in [-0.2, -0.15) is 43.2 Å². The van der Waals surface area contributed by atoms with Gasteiger partial charge in [0.05, 0.1) is 0 Å². The summed E-state index contributed by atoms with van der Waals surface area (Å²) in [7, 11) is 2.04. The molecule has 0 fully saturated rings. The van der Waals surface area contributed by atoms with E-state index in [2.05, 4.69) is 110 Å². The third-order valence-corrected chi connectivity index (χ3v) is 3.80. The summed E-state index contributed by atoms with van der Waals surface area (Å²) in [5.74, 6) is 0. The van der Waals surface area contributed by atoms with E-state index in [4.69, 9.17) is 0 Å². The zero-order valence-electron chi connectivity index (χ0n) is 17.1. The number of aryl methyl sites for hydroxylation is 1. The Labute approximate surface area is 270 Å². The molecule has 0 unspecified atom stereocenters. The predicted molar refractivity (Wildman–Crippen MR) is 132 cm³/mol. The van der Waals surface area contributed by atoms with Gasteiger partial charge in [-0.15, -0.1) is 18.2 Å². The zero-order valence-corrected chi connectivity index (χ0v) is 30.6. The van der Waals surface area contributed by atoms with Crippen molar-refractivity contribution in [3.05, 3.63) is 106 Å². The first-order chi connectivity index (χ1) is 11.5. The second kappa shape index (κ2) is 21.0. The number of rotatable bonds is 0. The first-order valence-corrected chi connectivity index (χ1v) is 20.0. The van der Waals surface area contributed by atoms with E-state index in [0.29, 0.717) is 13.3 Å². The van der Waals surface area contributed by atoms with E-state index in [0.717, 1.165) is 17.5 Å². The van der Waals surface area contributed by atoms with Gasteiger partial charge in [0.15, 0.2) is 0 Å². The Kier molecular flexibility index (Phi) is 28.0. The van der Waals surface area contributed by atoms with Crippen molar-refractivity contribution in [2.45, 2.75) is 6.42 Å². The predicted octanol–water partition coefficient (Wildman–Crippen LogP) is 4.47. The van der Waals surface area contributed by atoms with Crippen LogP contribution in [-0.2, 0) is 97.4 Å². The molecule has 2 aromatic carbocycles. The maximum Gasteiger partial charge on any atom is 0.0102 e. The molecule has 3 aromatic rings. The number of fused-ring (bicyclic) bond motifs is 2. The molecule has 3 radical (unpaired) electrons. The molecule has 1 nitrogen and oxygen atoms in total. The number of allylic oxidation sites excluding steroid dienone is 1. The second-order valence-corrected chi connectivity index (χ2v) is 21.8. The van der Waals surface area contributed by atoms with E-state index in [1.807, 2.05) is 13.1 Å². The van der Waals surface area contributed by atoms with E-state index in [1.54, 1.807) is 0 Å². The minimum absolute atomic E-state index is 0. The number of hydrogen-bond donors (Lipinski definition) is 0. The van der Waals surface area contributed by atoms with Crippen LogP contribution in [0, 0.1) is 28.7 Å². The molecule has 0 spiro atoms. The Bertz CT molecular complexity index is 851. The topological polar surface area (TPSA) is 4.93 Å². The third-order valence-electron chi connectivity index (χ3n) is 3.80. The van der Waals surface area contributed by atoms with Gasteiger partial charge in [0.25, 0.3) is 0 Å². The number of nitrogens with zero attached hydrogens (tertiary/aromatic N) is 1. The van der Waals surface area contributed by atoms with E-state index in [-0.39, 0.29) is 98.8 Å². The second-order valence-electron chi connectivity index (χ2n) is 5.51. The Morgan fingerprint density at radius 1 is 0.931 bits per heavy atom. The molecule has 1 heterocycles. The molecule has 1 aliphatic carbocycles. The van der Waals surface area contributed by atoms with Crippen LogP contribution in [0.4, 0.5) is 0 Å². The molecule has 29 heavy (non-hydrogen) atoms. The fourth-order valence-electron chi connectivity index (χ4n) is 2.62. The summed E-state index contributed by atoms with van der Waals surface area (Å²) in [6.07, 6.45) is 7.49. The molecule has 0 N–H and O–H groups in total. The summed E-state index contributed by atoms with van der Waals surface area (Å²) >= 11 is 5.30. The summed E-state index contributed by atoms with van der Waals surface area (Å²) in [4.78, 5) is 0. The number of aromatic nitrogens is 1. The first kappa shape index (κ1) is 38.7. The van der Waals surface area contributed by atoms with Crippen molar-refractivity contribution in [1.82, 2.24) is 4.57 Å². The van der Waals surface area contributed by atoms with Gasteiger partial charge in [0.1, 0.15) is 0 Å². The molecule has 0 aliphatic heterocycles. The van der Waals surface area contributed by atoms with Gasteiger partial charge in [-0.25, -0.2) is 0 Å². The molecule has 1 aliphatic rings. The van der Waals surface area contributed by atoms with Crippen LogP contribution in [0.1, 0.15) is 22.3 Å². The Balaban J connectivity index is -0.000000165. The molecule has 0 atom stereocenters. The molecule has 0 amide bonds. The monoisotopic (exact) mass is 913 g/mol. The fourth-order valence-corrected chi connectivity index (χ4v) is 2.62. The molecule has 0 bridgehead atoms. The molecular formula is C22H25I3NVY2-5. The van der Waals surface area contributed by atoms with Crippen LogP contribution in [-0.4, -0.2) is 4.57 Å². The zero-order chi connectivity index (χ0) is 17.5. The van der Waals surface area contributed by atoms with Crippen LogP contribution >= 0.6 is 37.2 Å². The number of halogens is 3. The minimum atomic E-state index is 0. The molecule has 0 saturated carbocycles. The largest absolute Gasteiger partial charge is 0.361 e. The van der Waals surface area contributed by atoms with Crippen molar-refractivity contribution in [1.29, 1.82) is 0 Å². The maximum absolute atomic E-state index is 3.88. The smallest absolute Gasteiger partial charge is 0.0102 e. The average Bonchev–Trinajstić information content (AvgIpc) is 3.15. The summed E-state index contributed by atoms with van der Waals surface area (Å²) < 4.78 is 2.10. The average molecular weight is 913 g/mol. The third kappa shape index (κ3) is 13.0. The van der Waals surface area contributed by atoms with Gasteiger partial charge >= 0.3 is 50.5 Å². The van der Waals surface area contributed by atoms with Crippen molar-refractivity contribution in [2.24, 2.45) is 7.05 Å². The molecule has 0 saturated heterocycles. The van der Waals surface area contributed by atoms with Crippen molar-refractivity contribution < 1.29 is 97.2 Å². The minimum Gasteiger partial charge on any atom is -0.361 e. The van der Waals surface area contributed by atoms with E-state index < -0.39 is 0 Å². The summed E-state index contributed by atoms with van der Waals surface area (Å²) in [6.45, 7) is 7.75. The van der Waals surface area contributed by atoms with Gasteiger partial charge in [0, 0.05) is 97.2 Å². The summed E-state index contributed by atoms with van der Waals surface area (Å²) in [5.41, 5.74) is 6.19. The van der Waals surface area contributed by atoms with Crippen molar-refractivity contribution in [2.75, 3.05) is 0 Å². The van der Waals surface area contributed by atoms with E-state index in [9.17, 15) is 0 Å². The molecule has 155 valence electrons. The van der Waals surface area contributed by atoms with Crippen LogP contribution in [0.15, 0.2) is 54.7 Å². The molecular weight excluding hydrogens is 888 g/mol. The van der Waals surface area contributed by atoms with Crippen molar-refractivity contribution in [3.8, 4) is 0 Å². The van der Waals surface area contributed by atoms with E-state index in [1.165, 1.54) is 22.0 Å². The SMILES string of the molecule is I[I-]I.[CH2-]c1ccc2c(c1)CC=C2.[CH2-]c1ccc2ccn(C)c2c1.[CH3-].[CH3-].[V].[Y].[Y]. The number of benzene rings is 2. The quantitative estimate of drug-likeness (QED) is 0.232.